The molecule has 0 aromatic heterocycles. The summed E-state index contributed by atoms with van der Waals surface area (Å²) in [6.45, 7) is 3.71. The van der Waals surface area contributed by atoms with Gasteiger partial charge in [0.15, 0.2) is 0 Å². The fraction of sp³-hybridized carbons (Fsp3) is 0.500. The van der Waals surface area contributed by atoms with Crippen molar-refractivity contribution in [3.05, 3.63) is 11.5 Å². The van der Waals surface area contributed by atoms with E-state index in [1.165, 1.54) is 0 Å². The Morgan fingerprint density at radius 3 is 2.33 bits per heavy atom. The Labute approximate surface area is 39.0 Å². The first-order valence-corrected chi connectivity index (χ1v) is 1.91. The fourth-order valence-electron chi connectivity index (χ4n) is 0.0745. The standard InChI is InChI=1S/C4H8BO/c1-3-4(2)5-6/h3,6H,1-2H3. The van der Waals surface area contributed by atoms with Crippen molar-refractivity contribution < 1.29 is 5.02 Å². The molecule has 0 unspecified atom stereocenters. The zero-order chi connectivity index (χ0) is 4.99. The predicted molar refractivity (Wildman–Crippen MR) is 27.4 cm³/mol. The molecule has 0 aliphatic rings. The van der Waals surface area contributed by atoms with Gasteiger partial charge in [0.1, 0.15) is 0 Å². The first-order valence-electron chi connectivity index (χ1n) is 1.91. The maximum Gasteiger partial charge on any atom is 0.321 e. The molecule has 0 aromatic carbocycles. The summed E-state index contributed by atoms with van der Waals surface area (Å²) in [6, 6.07) is 0. The summed E-state index contributed by atoms with van der Waals surface area (Å²) in [5.74, 6) is 0. The highest BCUT2D eigenvalue weighted by molar-refractivity contribution is 6.35. The summed E-state index contributed by atoms with van der Waals surface area (Å²) in [7, 11) is 1.08. The lowest BCUT2D eigenvalue weighted by Crippen LogP contribution is -1.86. The van der Waals surface area contributed by atoms with E-state index < -0.39 is 0 Å². The van der Waals surface area contributed by atoms with Crippen LogP contribution in [0.5, 0.6) is 0 Å². The highest BCUT2D eigenvalue weighted by Crippen LogP contribution is 1.81. The van der Waals surface area contributed by atoms with Crippen LogP contribution in [0.15, 0.2) is 11.5 Å². The van der Waals surface area contributed by atoms with E-state index in [4.69, 9.17) is 5.02 Å². The minimum atomic E-state index is 0.898. The van der Waals surface area contributed by atoms with Crippen LogP contribution in [0.3, 0.4) is 0 Å². The van der Waals surface area contributed by atoms with Gasteiger partial charge in [-0.05, 0) is 6.92 Å². The lowest BCUT2D eigenvalue weighted by Gasteiger charge is -1.81. The minimum absolute atomic E-state index is 0.898. The number of rotatable bonds is 1. The van der Waals surface area contributed by atoms with Gasteiger partial charge in [-0.2, -0.15) is 0 Å². The van der Waals surface area contributed by atoms with Crippen LogP contribution in [0, 0.1) is 0 Å². The molecular formula is C4H8BO. The highest BCUT2D eigenvalue weighted by atomic mass is 16.2. The van der Waals surface area contributed by atoms with Crippen LogP contribution in [0.2, 0.25) is 0 Å². The van der Waals surface area contributed by atoms with Gasteiger partial charge >= 0.3 is 7.48 Å². The van der Waals surface area contributed by atoms with Gasteiger partial charge in [-0.1, -0.05) is 18.5 Å². The smallest absolute Gasteiger partial charge is 0.321 e. The summed E-state index contributed by atoms with van der Waals surface area (Å²) < 4.78 is 0. The van der Waals surface area contributed by atoms with Gasteiger partial charge < -0.3 is 5.02 Å². The lowest BCUT2D eigenvalue weighted by atomic mass is 9.90. The molecule has 0 heterocycles. The molecule has 0 rings (SSSR count). The third-order valence-corrected chi connectivity index (χ3v) is 0.659. The topological polar surface area (TPSA) is 20.2 Å². The van der Waals surface area contributed by atoms with Crippen LogP contribution < -0.4 is 0 Å². The van der Waals surface area contributed by atoms with Crippen LogP contribution in [0.25, 0.3) is 0 Å². The van der Waals surface area contributed by atoms with Gasteiger partial charge in [0.05, 0.1) is 0 Å². The molecule has 0 aromatic rings. The molecule has 0 saturated carbocycles. The molecule has 0 atom stereocenters. The molecule has 1 N–H and O–H groups in total. The largest absolute Gasteiger partial charge is 0.450 e. The third kappa shape index (κ3) is 2.03. The molecule has 1 nitrogen and oxygen atoms in total. The number of hydrogen-bond acceptors (Lipinski definition) is 1. The maximum absolute atomic E-state index is 8.14. The van der Waals surface area contributed by atoms with Crippen LogP contribution in [0.1, 0.15) is 13.8 Å². The van der Waals surface area contributed by atoms with Crippen molar-refractivity contribution >= 4 is 7.48 Å². The summed E-state index contributed by atoms with van der Waals surface area (Å²) in [6.07, 6.45) is 1.83. The molecule has 0 spiro atoms. The molecule has 0 amide bonds. The van der Waals surface area contributed by atoms with E-state index in [0.29, 0.717) is 0 Å². The Morgan fingerprint density at radius 2 is 2.33 bits per heavy atom. The fourth-order valence-corrected chi connectivity index (χ4v) is 0.0745. The van der Waals surface area contributed by atoms with Gasteiger partial charge in [0.25, 0.3) is 0 Å². The highest BCUT2D eigenvalue weighted by Gasteiger charge is 1.80. The quantitative estimate of drug-likeness (QED) is 0.458. The molecule has 1 radical (unpaired) electrons. The van der Waals surface area contributed by atoms with Crippen LogP contribution in [0.4, 0.5) is 0 Å². The van der Waals surface area contributed by atoms with Gasteiger partial charge in [-0.25, -0.2) is 0 Å². The van der Waals surface area contributed by atoms with Crippen molar-refractivity contribution in [3.8, 4) is 0 Å². The first-order chi connectivity index (χ1) is 2.81. The summed E-state index contributed by atoms with van der Waals surface area (Å²) >= 11 is 0. The van der Waals surface area contributed by atoms with Crippen LogP contribution >= 0.6 is 0 Å². The monoisotopic (exact) mass is 83.1 g/mol. The van der Waals surface area contributed by atoms with E-state index >= 15 is 0 Å². The molecule has 0 fully saturated rings. The zero-order valence-corrected chi connectivity index (χ0v) is 4.10. The molecule has 6 heavy (non-hydrogen) atoms. The number of hydrogen-bond donors (Lipinski definition) is 1. The van der Waals surface area contributed by atoms with Crippen LogP contribution in [-0.4, -0.2) is 12.5 Å². The van der Waals surface area contributed by atoms with E-state index in [2.05, 4.69) is 0 Å². The average molecular weight is 82.9 g/mol. The summed E-state index contributed by atoms with van der Waals surface area (Å²) in [5, 5.41) is 8.14. The third-order valence-electron chi connectivity index (χ3n) is 0.659. The van der Waals surface area contributed by atoms with E-state index in [0.717, 1.165) is 13.0 Å². The van der Waals surface area contributed by atoms with Gasteiger partial charge in [0, 0.05) is 0 Å². The van der Waals surface area contributed by atoms with Crippen molar-refractivity contribution in [2.24, 2.45) is 0 Å². The first kappa shape index (κ1) is 5.76. The second-order valence-corrected chi connectivity index (χ2v) is 1.16. The molecular weight excluding hydrogens is 74.9 g/mol. The average Bonchev–Trinajstić information content (AvgIpc) is 1.65. The lowest BCUT2D eigenvalue weighted by molar-refractivity contribution is 0.610. The van der Waals surface area contributed by atoms with E-state index in [-0.39, 0.29) is 0 Å². The molecule has 0 aliphatic heterocycles. The van der Waals surface area contributed by atoms with E-state index in [1.807, 2.05) is 19.9 Å². The molecule has 0 saturated heterocycles. The normalized spacial score (nSPS) is 11.5. The Bertz CT molecular complexity index is 58.6. The summed E-state index contributed by atoms with van der Waals surface area (Å²) in [5.41, 5.74) is 0.898. The van der Waals surface area contributed by atoms with Crippen molar-refractivity contribution in [1.29, 1.82) is 0 Å². The zero-order valence-electron chi connectivity index (χ0n) is 4.10. The SMILES string of the molecule is CC=C(C)[B]O. The Balaban J connectivity index is 3.22. The van der Waals surface area contributed by atoms with Crippen molar-refractivity contribution in [2.45, 2.75) is 13.8 Å². The molecule has 33 valence electrons. The minimum Gasteiger partial charge on any atom is -0.450 e. The van der Waals surface area contributed by atoms with Crippen LogP contribution in [-0.2, 0) is 0 Å². The van der Waals surface area contributed by atoms with Crippen molar-refractivity contribution in [2.75, 3.05) is 0 Å². The predicted octanol–water partition coefficient (Wildman–Crippen LogP) is 0.522. The molecule has 2 heteroatoms. The van der Waals surface area contributed by atoms with E-state index in [1.54, 1.807) is 0 Å². The Hall–Kier alpha value is -0.235. The van der Waals surface area contributed by atoms with E-state index in [9.17, 15) is 0 Å². The summed E-state index contributed by atoms with van der Waals surface area (Å²) in [4.78, 5) is 0. The van der Waals surface area contributed by atoms with Gasteiger partial charge in [-0.3, -0.25) is 0 Å². The number of allylic oxidation sites excluding steroid dienone is 2. The van der Waals surface area contributed by atoms with Gasteiger partial charge in [-0.15, -0.1) is 0 Å². The second-order valence-electron chi connectivity index (χ2n) is 1.16. The maximum atomic E-state index is 8.14. The Kier molecular flexibility index (Phi) is 2.86. The van der Waals surface area contributed by atoms with Gasteiger partial charge in [0.2, 0.25) is 0 Å². The second kappa shape index (κ2) is 2.97. The molecule has 0 bridgehead atoms. The van der Waals surface area contributed by atoms with Crippen molar-refractivity contribution in [1.82, 2.24) is 0 Å². The van der Waals surface area contributed by atoms with Crippen molar-refractivity contribution in [3.63, 3.8) is 0 Å². The molecule has 0 aliphatic carbocycles. The Morgan fingerprint density at radius 1 is 1.83 bits per heavy atom.